The maximum Gasteiger partial charge on any atom is 0.248 e. The number of nitrogens with zero attached hydrogens (tertiary/aromatic N) is 3. The average molecular weight is 638 g/mol. The van der Waals surface area contributed by atoms with E-state index in [0.717, 1.165) is 25.7 Å². The van der Waals surface area contributed by atoms with Crippen molar-refractivity contribution in [3.63, 3.8) is 0 Å². The summed E-state index contributed by atoms with van der Waals surface area (Å²) in [4.78, 5) is 49.5. The zero-order valence-electron chi connectivity index (χ0n) is 28.4. The minimum absolute atomic E-state index is 0.0358. The molecule has 3 fully saturated rings. The molecular formula is C37H55N3O6. The van der Waals surface area contributed by atoms with Crippen LogP contribution in [0.1, 0.15) is 85.5 Å². The molecule has 3 aliphatic heterocycles. The van der Waals surface area contributed by atoms with Crippen LogP contribution < -0.4 is 9.64 Å². The lowest BCUT2D eigenvalue weighted by atomic mass is 9.64. The van der Waals surface area contributed by atoms with Crippen molar-refractivity contribution in [2.45, 2.75) is 109 Å². The molecule has 4 rings (SSSR count). The monoisotopic (exact) mass is 637 g/mol. The normalized spacial score (nSPS) is 26.9. The number of ether oxygens (including phenoxy) is 2. The highest BCUT2D eigenvalue weighted by atomic mass is 16.5. The van der Waals surface area contributed by atoms with Crippen LogP contribution in [0.25, 0.3) is 0 Å². The Balaban J connectivity index is 1.76. The second-order valence-electron chi connectivity index (χ2n) is 13.1. The Hall–Kier alpha value is -3.17. The fourth-order valence-electron chi connectivity index (χ4n) is 8.23. The molecule has 0 aromatic heterocycles. The molecule has 1 spiro atoms. The topological polar surface area (TPSA) is 99.6 Å². The van der Waals surface area contributed by atoms with Crippen molar-refractivity contribution in [1.29, 1.82) is 0 Å². The lowest BCUT2D eigenvalue weighted by Gasteiger charge is -2.39. The molecule has 0 saturated carbocycles. The van der Waals surface area contributed by atoms with Crippen molar-refractivity contribution in [3.8, 4) is 5.75 Å². The fourth-order valence-corrected chi connectivity index (χ4v) is 8.23. The van der Waals surface area contributed by atoms with Crippen molar-refractivity contribution in [3.05, 3.63) is 49.6 Å². The zero-order chi connectivity index (χ0) is 33.5. The van der Waals surface area contributed by atoms with Crippen LogP contribution in [-0.2, 0) is 19.1 Å². The largest absolute Gasteiger partial charge is 0.494 e. The number of unbranched alkanes of at least 4 members (excludes halogenated alkanes) is 3. The lowest BCUT2D eigenvalue weighted by Crippen LogP contribution is -2.58. The van der Waals surface area contributed by atoms with E-state index in [2.05, 4.69) is 20.1 Å². The minimum Gasteiger partial charge on any atom is -0.494 e. The van der Waals surface area contributed by atoms with Gasteiger partial charge in [-0.05, 0) is 76.6 Å². The van der Waals surface area contributed by atoms with Crippen LogP contribution in [0.3, 0.4) is 0 Å². The van der Waals surface area contributed by atoms with Gasteiger partial charge in [-0.15, -0.1) is 13.2 Å². The second-order valence-corrected chi connectivity index (χ2v) is 13.1. The van der Waals surface area contributed by atoms with Crippen LogP contribution in [0.2, 0.25) is 0 Å². The van der Waals surface area contributed by atoms with E-state index in [4.69, 9.17) is 9.47 Å². The van der Waals surface area contributed by atoms with Gasteiger partial charge in [-0.2, -0.15) is 0 Å². The van der Waals surface area contributed by atoms with E-state index in [1.165, 1.54) is 0 Å². The molecule has 3 saturated heterocycles. The van der Waals surface area contributed by atoms with Gasteiger partial charge in [0.25, 0.3) is 0 Å². The van der Waals surface area contributed by atoms with E-state index in [1.54, 1.807) is 22.0 Å². The van der Waals surface area contributed by atoms with Crippen molar-refractivity contribution >= 4 is 23.4 Å². The number of aliphatic hydroxyl groups excluding tert-OH is 1. The van der Waals surface area contributed by atoms with Gasteiger partial charge in [0, 0.05) is 38.0 Å². The highest BCUT2D eigenvalue weighted by Crippen LogP contribution is 2.64. The van der Waals surface area contributed by atoms with E-state index in [0.29, 0.717) is 63.2 Å². The summed E-state index contributed by atoms with van der Waals surface area (Å²) in [7, 11) is 0. The van der Waals surface area contributed by atoms with Gasteiger partial charge in [0.1, 0.15) is 17.4 Å². The molecule has 9 nitrogen and oxygen atoms in total. The van der Waals surface area contributed by atoms with Crippen LogP contribution >= 0.6 is 0 Å². The Morgan fingerprint density at radius 1 is 1.07 bits per heavy atom. The summed E-state index contributed by atoms with van der Waals surface area (Å²) in [6.45, 7) is 17.7. The Kier molecular flexibility index (Phi) is 12.1. The van der Waals surface area contributed by atoms with Crippen molar-refractivity contribution in [2.24, 2.45) is 11.8 Å². The van der Waals surface area contributed by atoms with E-state index in [-0.39, 0.29) is 36.9 Å². The number of anilines is 1. The van der Waals surface area contributed by atoms with Gasteiger partial charge in [-0.25, -0.2) is 0 Å². The number of amides is 3. The third-order valence-corrected chi connectivity index (χ3v) is 10.4. The first-order chi connectivity index (χ1) is 22.2. The Bertz CT molecular complexity index is 1240. The molecule has 6 atom stereocenters. The quantitative estimate of drug-likeness (QED) is 0.159. The number of carbonyl (C=O) groups excluding carboxylic acids is 3. The summed E-state index contributed by atoms with van der Waals surface area (Å²) in [5.41, 5.74) is -1.23. The number of fused-ring (bicyclic) bond motifs is 1. The highest BCUT2D eigenvalue weighted by molar-refractivity contribution is 6.03. The van der Waals surface area contributed by atoms with Gasteiger partial charge in [0.15, 0.2) is 0 Å². The third kappa shape index (κ3) is 6.50. The number of carbonyl (C=O) groups is 3. The van der Waals surface area contributed by atoms with Crippen LogP contribution in [0.5, 0.6) is 5.75 Å². The summed E-state index contributed by atoms with van der Waals surface area (Å²) in [6, 6.07) is 6.56. The van der Waals surface area contributed by atoms with Gasteiger partial charge in [-0.3, -0.25) is 14.4 Å². The molecule has 9 heteroatoms. The molecule has 3 unspecified atom stereocenters. The Labute approximate surface area is 275 Å². The first kappa shape index (κ1) is 35.7. The average Bonchev–Trinajstić information content (AvgIpc) is 3.66. The summed E-state index contributed by atoms with van der Waals surface area (Å²) in [6.07, 6.45) is 9.99. The molecule has 2 bridgehead atoms. The van der Waals surface area contributed by atoms with Gasteiger partial charge in [0.05, 0.1) is 24.0 Å². The molecule has 3 aliphatic rings. The van der Waals surface area contributed by atoms with Crippen LogP contribution in [0.4, 0.5) is 5.69 Å². The smallest absolute Gasteiger partial charge is 0.248 e. The van der Waals surface area contributed by atoms with E-state index in [1.807, 2.05) is 49.9 Å². The first-order valence-electron chi connectivity index (χ1n) is 17.4. The van der Waals surface area contributed by atoms with E-state index < -0.39 is 29.1 Å². The Morgan fingerprint density at radius 2 is 1.76 bits per heavy atom. The standard InChI is InChI=1S/C37H55N3O6/c1-7-16-27(6)38(23-8-2)35(44)32-37-22-21-36(10-4,46-37)30(31(37)34(43)40(32)25-14-12-13-15-26-41)33(42)39(24-9-3)28-17-19-29(20-18-28)45-11-5/h8-9,17-20,27,30-32,41H,2-3,7,10-16,21-26H2,1,4-6H3/t27?,30-,31+,32?,36+,37?/m1/s1. The van der Waals surface area contributed by atoms with E-state index in [9.17, 15) is 19.5 Å². The van der Waals surface area contributed by atoms with Gasteiger partial charge >= 0.3 is 0 Å². The highest BCUT2D eigenvalue weighted by Gasteiger charge is 2.79. The number of benzene rings is 1. The maximum atomic E-state index is 14.8. The maximum absolute atomic E-state index is 14.8. The molecule has 1 aromatic rings. The molecule has 254 valence electrons. The van der Waals surface area contributed by atoms with Gasteiger partial charge in [0.2, 0.25) is 17.7 Å². The molecule has 0 radical (unpaired) electrons. The van der Waals surface area contributed by atoms with Gasteiger partial charge < -0.3 is 29.3 Å². The second kappa shape index (κ2) is 15.6. The molecule has 1 aromatic carbocycles. The van der Waals surface area contributed by atoms with Crippen molar-refractivity contribution < 1.29 is 29.0 Å². The summed E-state index contributed by atoms with van der Waals surface area (Å²) in [5, 5.41) is 9.26. The molecule has 1 N–H and O–H groups in total. The predicted molar refractivity (Wildman–Crippen MR) is 181 cm³/mol. The number of aliphatic hydroxyl groups is 1. The van der Waals surface area contributed by atoms with E-state index >= 15 is 0 Å². The third-order valence-electron chi connectivity index (χ3n) is 10.4. The molecule has 3 heterocycles. The van der Waals surface area contributed by atoms with Crippen LogP contribution in [0, 0.1) is 11.8 Å². The predicted octanol–water partition coefficient (Wildman–Crippen LogP) is 5.52. The van der Waals surface area contributed by atoms with Crippen molar-refractivity contribution in [1.82, 2.24) is 9.80 Å². The fraction of sp³-hybridized carbons (Fsp3) is 0.649. The van der Waals surface area contributed by atoms with Crippen molar-refractivity contribution in [2.75, 3.05) is 37.7 Å². The lowest BCUT2D eigenvalue weighted by molar-refractivity contribution is -0.154. The summed E-state index contributed by atoms with van der Waals surface area (Å²) >= 11 is 0. The molecule has 46 heavy (non-hydrogen) atoms. The number of hydrogen-bond donors (Lipinski definition) is 1. The van der Waals surface area contributed by atoms with Crippen LogP contribution in [-0.4, -0.2) is 88.8 Å². The molecule has 0 aliphatic carbocycles. The molecular weight excluding hydrogens is 582 g/mol. The minimum atomic E-state index is -1.08. The van der Waals surface area contributed by atoms with Crippen LogP contribution in [0.15, 0.2) is 49.6 Å². The number of hydrogen-bond acceptors (Lipinski definition) is 6. The Morgan fingerprint density at radius 3 is 2.37 bits per heavy atom. The summed E-state index contributed by atoms with van der Waals surface area (Å²) < 4.78 is 12.7. The SMILES string of the molecule is C=CCN(C(=O)[C@H]1[C@H]2C(=O)N(CCCCCCO)C(C(=O)N(CC=C)C(C)CCC)C23CC[C@]1(CC)O3)c1ccc(OCC)cc1. The van der Waals surface area contributed by atoms with Gasteiger partial charge in [-0.1, -0.05) is 45.3 Å². The number of rotatable bonds is 19. The number of likely N-dealkylation sites (tertiary alicyclic amines) is 1. The zero-order valence-corrected chi connectivity index (χ0v) is 28.4. The molecule has 3 amide bonds. The summed E-state index contributed by atoms with van der Waals surface area (Å²) in [5.74, 6) is -1.25. The first-order valence-corrected chi connectivity index (χ1v) is 17.4.